The Balaban J connectivity index is 1.30. The fourth-order valence-corrected chi connectivity index (χ4v) is 3.83. The Morgan fingerprint density at radius 1 is 1.03 bits per heavy atom. The van der Waals surface area contributed by atoms with Crippen molar-refractivity contribution < 1.29 is 14.6 Å². The molecule has 2 aromatic heterocycles. The third kappa shape index (κ3) is 4.77. The predicted molar refractivity (Wildman–Crippen MR) is 125 cm³/mol. The Morgan fingerprint density at radius 2 is 1.70 bits per heavy atom. The Kier molecular flexibility index (Phi) is 5.85. The minimum Gasteiger partial charge on any atom is -0.478 e. The number of H-pyrrole nitrogens is 1. The van der Waals surface area contributed by atoms with Gasteiger partial charge >= 0.3 is 5.97 Å². The molecule has 0 saturated carbocycles. The number of aromatic carboxylic acids is 1. The fourth-order valence-electron chi connectivity index (χ4n) is 3.83. The predicted octanol–water partition coefficient (Wildman–Crippen LogP) is 3.56. The van der Waals surface area contributed by atoms with E-state index in [0.29, 0.717) is 16.7 Å². The summed E-state index contributed by atoms with van der Waals surface area (Å²) in [6.45, 7) is 4.48. The molecule has 7 heteroatoms. The van der Waals surface area contributed by atoms with Crippen LogP contribution in [0, 0.1) is 11.8 Å². The first-order valence-corrected chi connectivity index (χ1v) is 10.7. The van der Waals surface area contributed by atoms with E-state index in [1.165, 1.54) is 11.8 Å². The molecule has 0 unspecified atom stereocenters. The topological polar surface area (TPSA) is 91.3 Å². The van der Waals surface area contributed by atoms with Gasteiger partial charge in [0.05, 0.1) is 36.1 Å². The maximum Gasteiger partial charge on any atom is 0.336 e. The smallest absolute Gasteiger partial charge is 0.336 e. The number of hydrogen-bond acceptors (Lipinski definition) is 5. The molecule has 164 valence electrons. The zero-order chi connectivity index (χ0) is 22.6. The number of benzene rings is 2. The third-order valence-electron chi connectivity index (χ3n) is 5.65. The van der Waals surface area contributed by atoms with E-state index in [1.54, 1.807) is 6.07 Å². The van der Waals surface area contributed by atoms with Crippen LogP contribution in [0.5, 0.6) is 0 Å². The Bertz CT molecular complexity index is 1340. The van der Waals surface area contributed by atoms with E-state index in [1.807, 2.05) is 36.4 Å². The van der Waals surface area contributed by atoms with Crippen molar-refractivity contribution in [3.63, 3.8) is 0 Å². The van der Waals surface area contributed by atoms with Crippen molar-refractivity contribution in [3.8, 4) is 23.1 Å². The first-order chi connectivity index (χ1) is 16.2. The van der Waals surface area contributed by atoms with Crippen molar-refractivity contribution in [3.05, 3.63) is 83.0 Å². The molecular weight excluding hydrogens is 416 g/mol. The highest BCUT2D eigenvalue weighted by molar-refractivity contribution is 6.02. The molecule has 3 heterocycles. The first kappa shape index (κ1) is 20.9. The maximum atomic E-state index is 11.6. The van der Waals surface area contributed by atoms with E-state index in [2.05, 4.69) is 44.1 Å². The van der Waals surface area contributed by atoms with Gasteiger partial charge in [-0.1, -0.05) is 36.1 Å². The summed E-state index contributed by atoms with van der Waals surface area (Å²) in [7, 11) is 0. The van der Waals surface area contributed by atoms with Crippen molar-refractivity contribution in [2.75, 3.05) is 26.3 Å². The van der Waals surface area contributed by atoms with Gasteiger partial charge in [0.25, 0.3) is 0 Å². The van der Waals surface area contributed by atoms with Gasteiger partial charge in [0, 0.05) is 36.3 Å². The number of fused-ring (bicyclic) bond motifs is 1. The van der Waals surface area contributed by atoms with Crippen LogP contribution in [0.4, 0.5) is 0 Å². The second kappa shape index (κ2) is 9.25. The Labute approximate surface area is 191 Å². The van der Waals surface area contributed by atoms with Crippen LogP contribution in [0.25, 0.3) is 22.3 Å². The number of morpholine rings is 1. The molecule has 2 aromatic carbocycles. The Hall–Kier alpha value is -3.99. The van der Waals surface area contributed by atoms with Crippen LogP contribution < -0.4 is 0 Å². The van der Waals surface area contributed by atoms with E-state index in [0.717, 1.165) is 49.5 Å². The number of carboxylic acid groups (broad SMARTS) is 1. The summed E-state index contributed by atoms with van der Waals surface area (Å²) in [6.07, 6.45) is 1.48. The molecule has 33 heavy (non-hydrogen) atoms. The highest BCUT2D eigenvalue weighted by atomic mass is 16.5. The lowest BCUT2D eigenvalue weighted by atomic mass is 10.1. The van der Waals surface area contributed by atoms with Crippen molar-refractivity contribution in [1.82, 2.24) is 20.1 Å². The molecule has 1 saturated heterocycles. The largest absolute Gasteiger partial charge is 0.478 e. The molecule has 1 aliphatic heterocycles. The normalized spacial score (nSPS) is 14.1. The second-order valence-electron chi connectivity index (χ2n) is 7.91. The van der Waals surface area contributed by atoms with Crippen molar-refractivity contribution in [2.45, 2.75) is 6.54 Å². The van der Waals surface area contributed by atoms with Crippen LogP contribution in [0.2, 0.25) is 0 Å². The summed E-state index contributed by atoms with van der Waals surface area (Å²) in [6, 6.07) is 17.5. The molecule has 7 nitrogen and oxygen atoms in total. The third-order valence-corrected chi connectivity index (χ3v) is 5.65. The highest BCUT2D eigenvalue weighted by Gasteiger charge is 2.14. The molecule has 2 N–H and O–H groups in total. The number of carbonyl (C=O) groups is 1. The van der Waals surface area contributed by atoms with E-state index >= 15 is 0 Å². The lowest BCUT2D eigenvalue weighted by Gasteiger charge is -2.26. The first-order valence-electron chi connectivity index (χ1n) is 10.7. The van der Waals surface area contributed by atoms with Crippen LogP contribution >= 0.6 is 0 Å². The highest BCUT2D eigenvalue weighted by Crippen LogP contribution is 2.24. The van der Waals surface area contributed by atoms with Crippen LogP contribution in [0.15, 0.2) is 60.8 Å². The SMILES string of the molecule is O=C(O)c1cc(-c2ccc(C#Cc3ccc(CN4CCOCC4)cc3)cc2)nc2[nH]ncc12. The van der Waals surface area contributed by atoms with Gasteiger partial charge in [-0.2, -0.15) is 5.10 Å². The molecule has 0 bridgehead atoms. The molecule has 5 rings (SSSR count). The molecule has 0 aliphatic carbocycles. The Morgan fingerprint density at radius 3 is 2.36 bits per heavy atom. The van der Waals surface area contributed by atoms with Crippen LogP contribution in [-0.2, 0) is 11.3 Å². The number of ether oxygens (including phenoxy) is 1. The zero-order valence-corrected chi connectivity index (χ0v) is 17.9. The van der Waals surface area contributed by atoms with E-state index in [4.69, 9.17) is 4.74 Å². The molecule has 0 atom stereocenters. The molecule has 1 aliphatic rings. The molecular formula is C26H22N4O3. The zero-order valence-electron chi connectivity index (χ0n) is 17.9. The van der Waals surface area contributed by atoms with E-state index < -0.39 is 5.97 Å². The summed E-state index contributed by atoms with van der Waals surface area (Å²) in [5, 5.41) is 16.6. The molecule has 0 radical (unpaired) electrons. The van der Waals surface area contributed by atoms with Gasteiger partial charge in [-0.3, -0.25) is 10.00 Å². The lowest BCUT2D eigenvalue weighted by molar-refractivity contribution is 0.0342. The molecule has 1 fully saturated rings. The van der Waals surface area contributed by atoms with Crippen molar-refractivity contribution >= 4 is 17.0 Å². The van der Waals surface area contributed by atoms with Crippen LogP contribution in [-0.4, -0.2) is 57.5 Å². The number of nitrogens with zero attached hydrogens (tertiary/aromatic N) is 3. The quantitative estimate of drug-likeness (QED) is 0.474. The summed E-state index contributed by atoms with van der Waals surface area (Å²) in [4.78, 5) is 18.5. The van der Waals surface area contributed by atoms with Crippen molar-refractivity contribution in [2.24, 2.45) is 0 Å². The summed E-state index contributed by atoms with van der Waals surface area (Å²) in [5.74, 6) is 5.38. The molecule has 4 aromatic rings. The maximum absolute atomic E-state index is 11.6. The summed E-state index contributed by atoms with van der Waals surface area (Å²) < 4.78 is 5.40. The van der Waals surface area contributed by atoms with Gasteiger partial charge in [0.15, 0.2) is 5.65 Å². The van der Waals surface area contributed by atoms with Gasteiger partial charge in [0.2, 0.25) is 0 Å². The van der Waals surface area contributed by atoms with Gasteiger partial charge in [0.1, 0.15) is 0 Å². The number of aromatic amines is 1. The fraction of sp³-hybridized carbons (Fsp3) is 0.192. The average Bonchev–Trinajstić information content (AvgIpc) is 3.33. The van der Waals surface area contributed by atoms with E-state index in [-0.39, 0.29) is 5.56 Å². The van der Waals surface area contributed by atoms with Gasteiger partial charge < -0.3 is 9.84 Å². The number of aromatic nitrogens is 3. The monoisotopic (exact) mass is 438 g/mol. The van der Waals surface area contributed by atoms with Crippen LogP contribution in [0.3, 0.4) is 0 Å². The number of pyridine rings is 1. The second-order valence-corrected chi connectivity index (χ2v) is 7.91. The lowest BCUT2D eigenvalue weighted by Crippen LogP contribution is -2.35. The average molecular weight is 438 g/mol. The van der Waals surface area contributed by atoms with Gasteiger partial charge in [-0.25, -0.2) is 9.78 Å². The number of carboxylic acids is 1. The molecule has 0 amide bonds. The summed E-state index contributed by atoms with van der Waals surface area (Å²) >= 11 is 0. The van der Waals surface area contributed by atoms with Crippen molar-refractivity contribution in [1.29, 1.82) is 0 Å². The summed E-state index contributed by atoms with van der Waals surface area (Å²) in [5.41, 5.74) is 5.11. The van der Waals surface area contributed by atoms with Crippen LogP contribution in [0.1, 0.15) is 27.0 Å². The minimum atomic E-state index is -1.01. The standard InChI is InChI=1S/C26H22N4O3/c31-26(32)22-15-24(28-25-23(22)16-27-29-25)21-9-7-19(8-10-21)2-1-18-3-5-20(6-4-18)17-30-11-13-33-14-12-30/h3-10,15-16H,11-14,17H2,(H,31,32)(H,27,28,29). The van der Waals surface area contributed by atoms with Gasteiger partial charge in [-0.15, -0.1) is 0 Å². The van der Waals surface area contributed by atoms with E-state index in [9.17, 15) is 9.90 Å². The minimum absolute atomic E-state index is 0.171. The number of rotatable bonds is 4. The van der Waals surface area contributed by atoms with Gasteiger partial charge in [-0.05, 0) is 35.9 Å². The number of hydrogen-bond donors (Lipinski definition) is 2. The number of nitrogens with one attached hydrogen (secondary N) is 1. The molecule has 0 spiro atoms.